The maximum Gasteiger partial charge on any atom is 0.255 e. The molecule has 2 aromatic carbocycles. The summed E-state index contributed by atoms with van der Waals surface area (Å²) in [7, 11) is 0. The summed E-state index contributed by atoms with van der Waals surface area (Å²) in [5, 5.41) is 3.06. The number of para-hydroxylation sites is 1. The van der Waals surface area contributed by atoms with Crippen LogP contribution >= 0.6 is 0 Å². The molecule has 0 spiro atoms. The zero-order valence-corrected chi connectivity index (χ0v) is 14.1. The Hall–Kier alpha value is -2.29. The lowest BCUT2D eigenvalue weighted by Gasteiger charge is -2.17. The van der Waals surface area contributed by atoms with Gasteiger partial charge in [0.05, 0.1) is 11.7 Å². The van der Waals surface area contributed by atoms with Gasteiger partial charge in [0, 0.05) is 6.04 Å². The molecule has 0 saturated carbocycles. The molecule has 1 N–H and O–H groups in total. The molecule has 0 aliphatic heterocycles. The summed E-state index contributed by atoms with van der Waals surface area (Å²) in [6, 6.07) is 17.8. The summed E-state index contributed by atoms with van der Waals surface area (Å²) in [6.07, 6.45) is 1.90. The standard InChI is InChI=1S/C20H25NO2/c1-15(2)23-19-12-8-7-11-18(19)20(22)21-16(3)13-14-17-9-5-4-6-10-17/h4-12,15-16H,13-14H2,1-3H3,(H,21,22). The van der Waals surface area contributed by atoms with E-state index in [0.717, 1.165) is 12.8 Å². The monoisotopic (exact) mass is 311 g/mol. The third kappa shape index (κ3) is 5.44. The summed E-state index contributed by atoms with van der Waals surface area (Å²) < 4.78 is 5.72. The zero-order chi connectivity index (χ0) is 16.7. The number of hydrogen-bond acceptors (Lipinski definition) is 2. The highest BCUT2D eigenvalue weighted by atomic mass is 16.5. The molecule has 1 unspecified atom stereocenters. The summed E-state index contributed by atoms with van der Waals surface area (Å²) in [5.74, 6) is 0.553. The highest BCUT2D eigenvalue weighted by Crippen LogP contribution is 2.19. The Kier molecular flexibility index (Phi) is 6.21. The second-order valence-electron chi connectivity index (χ2n) is 6.06. The van der Waals surface area contributed by atoms with Gasteiger partial charge in [-0.05, 0) is 51.3 Å². The van der Waals surface area contributed by atoms with Crippen molar-refractivity contribution in [3.63, 3.8) is 0 Å². The van der Waals surface area contributed by atoms with E-state index in [2.05, 4.69) is 17.4 Å². The first-order valence-corrected chi connectivity index (χ1v) is 8.16. The van der Waals surface area contributed by atoms with Gasteiger partial charge in [0.15, 0.2) is 0 Å². The Morgan fingerprint density at radius 3 is 2.35 bits per heavy atom. The normalized spacial score (nSPS) is 12.0. The number of benzene rings is 2. The molecule has 0 heterocycles. The Morgan fingerprint density at radius 2 is 1.65 bits per heavy atom. The summed E-state index contributed by atoms with van der Waals surface area (Å²) in [6.45, 7) is 5.95. The number of amides is 1. The minimum atomic E-state index is -0.0817. The fourth-order valence-corrected chi connectivity index (χ4v) is 2.41. The molecule has 0 fully saturated rings. The van der Waals surface area contributed by atoms with Crippen LogP contribution in [0.25, 0.3) is 0 Å². The van der Waals surface area contributed by atoms with Gasteiger partial charge < -0.3 is 10.1 Å². The van der Waals surface area contributed by atoms with E-state index in [1.165, 1.54) is 5.56 Å². The molecule has 3 nitrogen and oxygen atoms in total. The van der Waals surface area contributed by atoms with Crippen molar-refractivity contribution in [3.05, 3.63) is 65.7 Å². The maximum absolute atomic E-state index is 12.5. The van der Waals surface area contributed by atoms with Crippen LogP contribution in [0.3, 0.4) is 0 Å². The average molecular weight is 311 g/mol. The third-order valence-electron chi connectivity index (χ3n) is 3.58. The average Bonchev–Trinajstić information content (AvgIpc) is 2.54. The molecule has 2 rings (SSSR count). The number of nitrogens with one attached hydrogen (secondary N) is 1. The second-order valence-corrected chi connectivity index (χ2v) is 6.06. The van der Waals surface area contributed by atoms with Crippen LogP contribution in [0.1, 0.15) is 43.1 Å². The molecule has 0 radical (unpaired) electrons. The van der Waals surface area contributed by atoms with Crippen LogP contribution in [-0.4, -0.2) is 18.1 Å². The lowest BCUT2D eigenvalue weighted by Crippen LogP contribution is -2.33. The van der Waals surface area contributed by atoms with E-state index in [1.807, 2.05) is 57.2 Å². The van der Waals surface area contributed by atoms with Crippen molar-refractivity contribution in [1.29, 1.82) is 0 Å². The molecule has 2 aromatic rings. The summed E-state index contributed by atoms with van der Waals surface area (Å²) in [5.41, 5.74) is 1.88. The number of carbonyl (C=O) groups excluding carboxylic acids is 1. The van der Waals surface area contributed by atoms with Gasteiger partial charge in [-0.3, -0.25) is 4.79 Å². The highest BCUT2D eigenvalue weighted by molar-refractivity contribution is 5.97. The molecule has 0 saturated heterocycles. The Balaban J connectivity index is 1.93. The van der Waals surface area contributed by atoms with Crippen molar-refractivity contribution in [1.82, 2.24) is 5.32 Å². The van der Waals surface area contributed by atoms with Crippen LogP contribution in [0.15, 0.2) is 54.6 Å². The van der Waals surface area contributed by atoms with Crippen LogP contribution < -0.4 is 10.1 Å². The molecule has 0 aliphatic rings. The fraction of sp³-hybridized carbons (Fsp3) is 0.350. The van der Waals surface area contributed by atoms with Gasteiger partial charge in [-0.1, -0.05) is 42.5 Å². The van der Waals surface area contributed by atoms with Crippen LogP contribution in [0, 0.1) is 0 Å². The first-order chi connectivity index (χ1) is 11.1. The number of ether oxygens (including phenoxy) is 1. The van der Waals surface area contributed by atoms with Crippen molar-refractivity contribution in [3.8, 4) is 5.75 Å². The first kappa shape index (κ1) is 17.1. The molecular formula is C20H25NO2. The van der Waals surface area contributed by atoms with E-state index in [0.29, 0.717) is 11.3 Å². The smallest absolute Gasteiger partial charge is 0.255 e. The van der Waals surface area contributed by atoms with Crippen LogP contribution in [0.2, 0.25) is 0 Å². The molecule has 1 atom stereocenters. The molecule has 3 heteroatoms. The molecule has 122 valence electrons. The van der Waals surface area contributed by atoms with Crippen LogP contribution in [-0.2, 0) is 6.42 Å². The molecule has 0 aliphatic carbocycles. The Morgan fingerprint density at radius 1 is 1.00 bits per heavy atom. The molecule has 1 amide bonds. The molecule has 0 bridgehead atoms. The first-order valence-electron chi connectivity index (χ1n) is 8.16. The van der Waals surface area contributed by atoms with Crippen LogP contribution in [0.4, 0.5) is 0 Å². The number of carbonyl (C=O) groups is 1. The van der Waals surface area contributed by atoms with E-state index in [9.17, 15) is 4.79 Å². The third-order valence-corrected chi connectivity index (χ3v) is 3.58. The van der Waals surface area contributed by atoms with Gasteiger partial charge >= 0.3 is 0 Å². The summed E-state index contributed by atoms with van der Waals surface area (Å²) in [4.78, 5) is 12.5. The predicted molar refractivity (Wildman–Crippen MR) is 93.9 cm³/mol. The van der Waals surface area contributed by atoms with Gasteiger partial charge in [0.1, 0.15) is 5.75 Å². The molecular weight excluding hydrogens is 286 g/mol. The minimum Gasteiger partial charge on any atom is -0.490 e. The van der Waals surface area contributed by atoms with Crippen molar-refractivity contribution in [2.45, 2.75) is 45.8 Å². The van der Waals surface area contributed by atoms with Gasteiger partial charge in [-0.15, -0.1) is 0 Å². The largest absolute Gasteiger partial charge is 0.490 e. The van der Waals surface area contributed by atoms with E-state index < -0.39 is 0 Å². The predicted octanol–water partition coefficient (Wildman–Crippen LogP) is 4.22. The van der Waals surface area contributed by atoms with Crippen molar-refractivity contribution >= 4 is 5.91 Å². The lowest BCUT2D eigenvalue weighted by molar-refractivity contribution is 0.0932. The van der Waals surface area contributed by atoms with E-state index in [-0.39, 0.29) is 18.1 Å². The van der Waals surface area contributed by atoms with E-state index in [1.54, 1.807) is 6.07 Å². The minimum absolute atomic E-state index is 0.0412. The second kappa shape index (κ2) is 8.37. The Bertz CT molecular complexity index is 623. The maximum atomic E-state index is 12.5. The summed E-state index contributed by atoms with van der Waals surface area (Å²) >= 11 is 0. The lowest BCUT2D eigenvalue weighted by atomic mass is 10.1. The van der Waals surface area contributed by atoms with E-state index in [4.69, 9.17) is 4.74 Å². The quantitative estimate of drug-likeness (QED) is 0.831. The van der Waals surface area contributed by atoms with Crippen molar-refractivity contribution < 1.29 is 9.53 Å². The fourth-order valence-electron chi connectivity index (χ4n) is 2.41. The van der Waals surface area contributed by atoms with Gasteiger partial charge in [-0.25, -0.2) is 0 Å². The topological polar surface area (TPSA) is 38.3 Å². The molecule has 23 heavy (non-hydrogen) atoms. The Labute approximate surface area is 138 Å². The van der Waals surface area contributed by atoms with E-state index >= 15 is 0 Å². The SMILES string of the molecule is CC(CCc1ccccc1)NC(=O)c1ccccc1OC(C)C. The van der Waals surface area contributed by atoms with Crippen molar-refractivity contribution in [2.75, 3.05) is 0 Å². The zero-order valence-electron chi connectivity index (χ0n) is 14.1. The number of aryl methyl sites for hydroxylation is 1. The van der Waals surface area contributed by atoms with Gasteiger partial charge in [0.25, 0.3) is 5.91 Å². The van der Waals surface area contributed by atoms with Gasteiger partial charge in [-0.2, -0.15) is 0 Å². The highest BCUT2D eigenvalue weighted by Gasteiger charge is 2.15. The molecule has 0 aromatic heterocycles. The number of hydrogen-bond donors (Lipinski definition) is 1. The van der Waals surface area contributed by atoms with Gasteiger partial charge in [0.2, 0.25) is 0 Å². The van der Waals surface area contributed by atoms with Crippen LogP contribution in [0.5, 0.6) is 5.75 Å². The van der Waals surface area contributed by atoms with Crippen molar-refractivity contribution in [2.24, 2.45) is 0 Å². The number of rotatable bonds is 7.